The largest absolute Gasteiger partial charge is 0.313 e. The molecule has 2 fully saturated rings. The molecule has 2 nitrogen and oxygen atoms in total. The second-order valence-electron chi connectivity index (χ2n) is 6.67. The molecule has 0 radical (unpaired) electrons. The summed E-state index contributed by atoms with van der Waals surface area (Å²) in [5.74, 6) is 1.95. The van der Waals surface area contributed by atoms with E-state index in [1.807, 2.05) is 0 Å². The van der Waals surface area contributed by atoms with Gasteiger partial charge in [0, 0.05) is 19.1 Å². The van der Waals surface area contributed by atoms with Crippen LogP contribution in [0.15, 0.2) is 0 Å². The lowest BCUT2D eigenvalue weighted by Crippen LogP contribution is -2.45. The Morgan fingerprint density at radius 3 is 2.50 bits per heavy atom. The smallest absolute Gasteiger partial charge is 0.0197 e. The van der Waals surface area contributed by atoms with Crippen LogP contribution in [0.5, 0.6) is 0 Å². The highest BCUT2D eigenvalue weighted by atomic mass is 15.1. The van der Waals surface area contributed by atoms with E-state index < -0.39 is 0 Å². The van der Waals surface area contributed by atoms with Crippen molar-refractivity contribution >= 4 is 0 Å². The molecule has 106 valence electrons. The first-order chi connectivity index (χ1) is 8.78. The van der Waals surface area contributed by atoms with E-state index >= 15 is 0 Å². The van der Waals surface area contributed by atoms with Crippen LogP contribution >= 0.6 is 0 Å². The van der Waals surface area contributed by atoms with E-state index in [0.29, 0.717) is 0 Å². The van der Waals surface area contributed by atoms with Crippen molar-refractivity contribution in [1.82, 2.24) is 10.2 Å². The fourth-order valence-electron chi connectivity index (χ4n) is 3.87. The van der Waals surface area contributed by atoms with Gasteiger partial charge in [0.15, 0.2) is 0 Å². The molecule has 0 aromatic carbocycles. The van der Waals surface area contributed by atoms with Crippen molar-refractivity contribution in [2.75, 3.05) is 26.7 Å². The number of rotatable bonds is 5. The minimum Gasteiger partial charge on any atom is -0.313 e. The van der Waals surface area contributed by atoms with Gasteiger partial charge in [-0.3, -0.25) is 0 Å². The summed E-state index contributed by atoms with van der Waals surface area (Å²) in [6, 6.07) is 0.747. The molecule has 2 unspecified atom stereocenters. The van der Waals surface area contributed by atoms with Crippen LogP contribution in [0.1, 0.15) is 58.3 Å². The number of piperidine rings is 1. The second-order valence-corrected chi connectivity index (χ2v) is 6.67. The Bertz CT molecular complexity index is 223. The van der Waals surface area contributed by atoms with Crippen molar-refractivity contribution in [3.8, 4) is 0 Å². The molecule has 1 saturated heterocycles. The van der Waals surface area contributed by atoms with E-state index in [4.69, 9.17) is 0 Å². The van der Waals surface area contributed by atoms with Crippen LogP contribution in [-0.2, 0) is 0 Å². The summed E-state index contributed by atoms with van der Waals surface area (Å²) in [4.78, 5) is 2.59. The van der Waals surface area contributed by atoms with E-state index in [9.17, 15) is 0 Å². The van der Waals surface area contributed by atoms with Crippen LogP contribution < -0.4 is 5.32 Å². The highest BCUT2D eigenvalue weighted by Crippen LogP contribution is 2.25. The van der Waals surface area contributed by atoms with Crippen molar-refractivity contribution in [1.29, 1.82) is 0 Å². The van der Waals surface area contributed by atoms with Crippen LogP contribution in [0.3, 0.4) is 0 Å². The van der Waals surface area contributed by atoms with Gasteiger partial charge in [0.2, 0.25) is 0 Å². The van der Waals surface area contributed by atoms with Gasteiger partial charge in [-0.15, -0.1) is 0 Å². The van der Waals surface area contributed by atoms with E-state index in [-0.39, 0.29) is 0 Å². The molecule has 1 aliphatic carbocycles. The van der Waals surface area contributed by atoms with E-state index in [1.54, 1.807) is 0 Å². The van der Waals surface area contributed by atoms with Gasteiger partial charge in [0.25, 0.3) is 0 Å². The first-order valence-corrected chi connectivity index (χ1v) is 8.19. The first-order valence-electron chi connectivity index (χ1n) is 8.19. The monoisotopic (exact) mass is 252 g/mol. The molecule has 2 rings (SSSR count). The van der Waals surface area contributed by atoms with Gasteiger partial charge in [-0.1, -0.05) is 32.6 Å². The summed E-state index contributed by atoms with van der Waals surface area (Å²) < 4.78 is 0. The third-order valence-electron chi connectivity index (χ3n) is 5.01. The molecule has 1 N–H and O–H groups in total. The molecule has 2 aliphatic rings. The fraction of sp³-hybridized carbons (Fsp3) is 1.00. The maximum Gasteiger partial charge on any atom is 0.0197 e. The quantitative estimate of drug-likeness (QED) is 0.808. The van der Waals surface area contributed by atoms with Crippen molar-refractivity contribution in [3.63, 3.8) is 0 Å². The number of nitrogens with one attached hydrogen (secondary N) is 1. The molecule has 0 amide bonds. The summed E-state index contributed by atoms with van der Waals surface area (Å²) >= 11 is 0. The molecule has 0 bridgehead atoms. The van der Waals surface area contributed by atoms with Crippen molar-refractivity contribution in [3.05, 3.63) is 0 Å². The zero-order chi connectivity index (χ0) is 12.8. The Balaban J connectivity index is 1.67. The third kappa shape index (κ3) is 4.55. The molecular formula is C16H32N2. The lowest BCUT2D eigenvalue weighted by Gasteiger charge is -2.34. The van der Waals surface area contributed by atoms with Crippen LogP contribution in [0, 0.1) is 11.8 Å². The maximum atomic E-state index is 3.71. The first kappa shape index (κ1) is 14.3. The SMILES string of the molecule is CCC1CCNC(CN(C)CC2CCCCC2)C1. The van der Waals surface area contributed by atoms with Crippen LogP contribution in [0.2, 0.25) is 0 Å². The van der Waals surface area contributed by atoms with Crippen molar-refractivity contribution < 1.29 is 0 Å². The topological polar surface area (TPSA) is 15.3 Å². The summed E-state index contributed by atoms with van der Waals surface area (Å²) in [5, 5.41) is 3.71. The zero-order valence-corrected chi connectivity index (χ0v) is 12.5. The minimum atomic E-state index is 0.747. The van der Waals surface area contributed by atoms with Crippen LogP contribution in [0.25, 0.3) is 0 Å². The molecule has 0 aromatic heterocycles. The van der Waals surface area contributed by atoms with Gasteiger partial charge in [-0.25, -0.2) is 0 Å². The number of hydrogen-bond donors (Lipinski definition) is 1. The van der Waals surface area contributed by atoms with E-state index in [1.165, 1.54) is 71.0 Å². The number of nitrogens with zero attached hydrogens (tertiary/aromatic N) is 1. The lowest BCUT2D eigenvalue weighted by molar-refractivity contribution is 0.188. The number of hydrogen-bond acceptors (Lipinski definition) is 2. The van der Waals surface area contributed by atoms with E-state index in [2.05, 4.69) is 24.2 Å². The zero-order valence-electron chi connectivity index (χ0n) is 12.5. The molecule has 1 heterocycles. The van der Waals surface area contributed by atoms with Crippen LogP contribution in [0.4, 0.5) is 0 Å². The number of likely N-dealkylation sites (N-methyl/N-ethyl adjacent to an activating group) is 1. The van der Waals surface area contributed by atoms with Gasteiger partial charge in [0.05, 0.1) is 0 Å². The molecule has 0 aromatic rings. The second kappa shape index (κ2) is 7.49. The van der Waals surface area contributed by atoms with Gasteiger partial charge >= 0.3 is 0 Å². The standard InChI is InChI=1S/C16H32N2/c1-3-14-9-10-17-16(11-14)13-18(2)12-15-7-5-4-6-8-15/h14-17H,3-13H2,1-2H3. The minimum absolute atomic E-state index is 0.747. The van der Waals surface area contributed by atoms with Crippen molar-refractivity contribution in [2.45, 2.75) is 64.3 Å². The van der Waals surface area contributed by atoms with Gasteiger partial charge in [0.1, 0.15) is 0 Å². The lowest BCUT2D eigenvalue weighted by atomic mass is 9.88. The molecule has 2 atom stereocenters. The Kier molecular flexibility index (Phi) is 5.97. The molecule has 0 spiro atoms. The van der Waals surface area contributed by atoms with Gasteiger partial charge in [-0.2, -0.15) is 0 Å². The summed E-state index contributed by atoms with van der Waals surface area (Å²) in [5.41, 5.74) is 0. The Hall–Kier alpha value is -0.0800. The average Bonchev–Trinajstić information content (AvgIpc) is 2.40. The molecular weight excluding hydrogens is 220 g/mol. The molecule has 18 heavy (non-hydrogen) atoms. The summed E-state index contributed by atoms with van der Waals surface area (Å²) in [6.45, 7) is 6.17. The predicted molar refractivity (Wildman–Crippen MR) is 78.9 cm³/mol. The van der Waals surface area contributed by atoms with Crippen molar-refractivity contribution in [2.24, 2.45) is 11.8 Å². The highest BCUT2D eigenvalue weighted by molar-refractivity contribution is 4.80. The Morgan fingerprint density at radius 2 is 1.78 bits per heavy atom. The van der Waals surface area contributed by atoms with E-state index in [0.717, 1.165) is 17.9 Å². The van der Waals surface area contributed by atoms with Crippen LogP contribution in [-0.4, -0.2) is 37.6 Å². The summed E-state index contributed by atoms with van der Waals surface area (Å²) in [6.07, 6.45) is 11.5. The average molecular weight is 252 g/mol. The summed E-state index contributed by atoms with van der Waals surface area (Å²) in [7, 11) is 2.33. The molecule has 2 heteroatoms. The third-order valence-corrected chi connectivity index (χ3v) is 5.01. The fourth-order valence-corrected chi connectivity index (χ4v) is 3.87. The normalized spacial score (nSPS) is 30.8. The highest BCUT2D eigenvalue weighted by Gasteiger charge is 2.22. The Labute approximate surface area is 114 Å². The predicted octanol–water partition coefficient (Wildman–Crippen LogP) is 3.28. The Morgan fingerprint density at radius 1 is 1.00 bits per heavy atom. The molecule has 1 saturated carbocycles. The molecule has 1 aliphatic heterocycles. The van der Waals surface area contributed by atoms with Gasteiger partial charge < -0.3 is 10.2 Å². The van der Waals surface area contributed by atoms with Gasteiger partial charge in [-0.05, 0) is 51.1 Å². The maximum absolute atomic E-state index is 3.71.